The smallest absolute Gasteiger partial charge is 0.335 e. The lowest BCUT2D eigenvalue weighted by molar-refractivity contribution is 0.0697. The summed E-state index contributed by atoms with van der Waals surface area (Å²) in [6, 6.07) is 4.57. The van der Waals surface area contributed by atoms with Crippen LogP contribution < -0.4 is 4.74 Å². The molecular formula is C10H8N2O3. The van der Waals surface area contributed by atoms with Gasteiger partial charge in [0.1, 0.15) is 0 Å². The Hall–Kier alpha value is -2.17. The maximum Gasteiger partial charge on any atom is 0.335 e. The SMILES string of the molecule is COc1cnc2ccc(C(=O)O)cc2n1. The van der Waals surface area contributed by atoms with Crippen molar-refractivity contribution in [1.29, 1.82) is 0 Å². The molecule has 0 aliphatic carbocycles. The first-order valence-electron chi connectivity index (χ1n) is 4.25. The van der Waals surface area contributed by atoms with E-state index in [4.69, 9.17) is 9.84 Å². The number of carbonyl (C=O) groups is 1. The first-order chi connectivity index (χ1) is 7.20. The van der Waals surface area contributed by atoms with E-state index in [0.717, 1.165) is 0 Å². The van der Waals surface area contributed by atoms with Crippen LogP contribution in [0.25, 0.3) is 11.0 Å². The Bertz CT molecular complexity index is 525. The molecule has 5 heteroatoms. The van der Waals surface area contributed by atoms with Crippen LogP contribution in [0, 0.1) is 0 Å². The van der Waals surface area contributed by atoms with Gasteiger partial charge in [0.2, 0.25) is 5.88 Å². The molecule has 2 rings (SSSR count). The summed E-state index contributed by atoms with van der Waals surface area (Å²) in [6.07, 6.45) is 1.49. The molecule has 5 nitrogen and oxygen atoms in total. The van der Waals surface area contributed by atoms with Crippen LogP contribution in [0.15, 0.2) is 24.4 Å². The quantitative estimate of drug-likeness (QED) is 0.799. The number of nitrogens with zero attached hydrogens (tertiary/aromatic N) is 2. The zero-order chi connectivity index (χ0) is 10.8. The predicted octanol–water partition coefficient (Wildman–Crippen LogP) is 1.34. The second kappa shape index (κ2) is 3.53. The van der Waals surface area contributed by atoms with Gasteiger partial charge >= 0.3 is 5.97 Å². The van der Waals surface area contributed by atoms with E-state index < -0.39 is 5.97 Å². The van der Waals surface area contributed by atoms with Gasteiger partial charge in [0.25, 0.3) is 0 Å². The minimum absolute atomic E-state index is 0.185. The molecule has 1 aromatic heterocycles. The van der Waals surface area contributed by atoms with Crippen molar-refractivity contribution >= 4 is 17.0 Å². The first kappa shape index (κ1) is 9.39. The number of benzene rings is 1. The third-order valence-electron chi connectivity index (χ3n) is 1.98. The molecule has 0 fully saturated rings. The van der Waals surface area contributed by atoms with Crippen molar-refractivity contribution in [3.63, 3.8) is 0 Å². The van der Waals surface area contributed by atoms with E-state index in [1.807, 2.05) is 0 Å². The molecule has 0 spiro atoms. The molecule has 0 bridgehead atoms. The van der Waals surface area contributed by atoms with Gasteiger partial charge in [-0.05, 0) is 18.2 Å². The number of carboxylic acids is 1. The highest BCUT2D eigenvalue weighted by molar-refractivity contribution is 5.92. The largest absolute Gasteiger partial charge is 0.480 e. The number of hydrogen-bond donors (Lipinski definition) is 1. The molecule has 2 aromatic rings. The van der Waals surface area contributed by atoms with Crippen LogP contribution in [0.2, 0.25) is 0 Å². The van der Waals surface area contributed by atoms with E-state index in [1.165, 1.54) is 25.4 Å². The van der Waals surface area contributed by atoms with Gasteiger partial charge in [-0.25, -0.2) is 14.8 Å². The number of fused-ring (bicyclic) bond motifs is 1. The third kappa shape index (κ3) is 1.71. The summed E-state index contributed by atoms with van der Waals surface area (Å²) in [5, 5.41) is 8.79. The summed E-state index contributed by atoms with van der Waals surface area (Å²) in [5.41, 5.74) is 1.33. The molecule has 0 unspecified atom stereocenters. The van der Waals surface area contributed by atoms with E-state index >= 15 is 0 Å². The molecule has 0 aliphatic rings. The summed E-state index contributed by atoms with van der Waals surface area (Å²) < 4.78 is 4.90. The second-order valence-electron chi connectivity index (χ2n) is 2.92. The van der Waals surface area contributed by atoms with Crippen LogP contribution in [0.4, 0.5) is 0 Å². The Labute approximate surface area is 85.4 Å². The zero-order valence-electron chi connectivity index (χ0n) is 7.97. The van der Waals surface area contributed by atoms with E-state index in [9.17, 15) is 4.79 Å². The normalized spacial score (nSPS) is 10.2. The molecule has 0 saturated carbocycles. The van der Waals surface area contributed by atoms with Crippen LogP contribution in [-0.4, -0.2) is 28.2 Å². The van der Waals surface area contributed by atoms with Crippen molar-refractivity contribution in [2.24, 2.45) is 0 Å². The topological polar surface area (TPSA) is 72.3 Å². The fourth-order valence-electron chi connectivity index (χ4n) is 1.23. The Morgan fingerprint density at radius 1 is 1.40 bits per heavy atom. The van der Waals surface area contributed by atoms with Gasteiger partial charge in [-0.1, -0.05) is 0 Å². The average molecular weight is 204 g/mol. The zero-order valence-corrected chi connectivity index (χ0v) is 7.97. The number of aromatic nitrogens is 2. The van der Waals surface area contributed by atoms with Crippen LogP contribution in [-0.2, 0) is 0 Å². The minimum Gasteiger partial charge on any atom is -0.480 e. The van der Waals surface area contributed by atoms with Crippen molar-refractivity contribution in [1.82, 2.24) is 9.97 Å². The minimum atomic E-state index is -0.985. The molecule has 1 N–H and O–H groups in total. The molecule has 0 saturated heterocycles. The van der Waals surface area contributed by atoms with Crippen molar-refractivity contribution in [3.05, 3.63) is 30.0 Å². The summed E-state index contributed by atoms with van der Waals surface area (Å²) >= 11 is 0. The van der Waals surface area contributed by atoms with Gasteiger partial charge in [0.15, 0.2) is 0 Å². The van der Waals surface area contributed by atoms with Crippen LogP contribution in [0.1, 0.15) is 10.4 Å². The molecule has 0 amide bonds. The van der Waals surface area contributed by atoms with E-state index in [2.05, 4.69) is 9.97 Å². The van der Waals surface area contributed by atoms with E-state index in [0.29, 0.717) is 16.9 Å². The molecule has 15 heavy (non-hydrogen) atoms. The second-order valence-corrected chi connectivity index (χ2v) is 2.92. The van der Waals surface area contributed by atoms with E-state index in [-0.39, 0.29) is 5.56 Å². The molecule has 76 valence electrons. The summed E-state index contributed by atoms with van der Waals surface area (Å²) in [7, 11) is 1.48. The van der Waals surface area contributed by atoms with Gasteiger partial charge in [0, 0.05) is 0 Å². The number of methoxy groups -OCH3 is 1. The lowest BCUT2D eigenvalue weighted by Crippen LogP contribution is -1.97. The van der Waals surface area contributed by atoms with Crippen molar-refractivity contribution in [2.45, 2.75) is 0 Å². The number of ether oxygens (including phenoxy) is 1. The van der Waals surface area contributed by atoms with Crippen molar-refractivity contribution in [2.75, 3.05) is 7.11 Å². The summed E-state index contributed by atoms with van der Waals surface area (Å²) in [4.78, 5) is 18.9. The molecule has 0 radical (unpaired) electrons. The number of carboxylic acid groups (broad SMARTS) is 1. The molecular weight excluding hydrogens is 196 g/mol. The Morgan fingerprint density at radius 3 is 2.87 bits per heavy atom. The number of rotatable bonds is 2. The monoisotopic (exact) mass is 204 g/mol. The maximum absolute atomic E-state index is 10.7. The van der Waals surface area contributed by atoms with Crippen LogP contribution in [0.3, 0.4) is 0 Å². The first-order valence-corrected chi connectivity index (χ1v) is 4.25. The molecule has 0 atom stereocenters. The predicted molar refractivity (Wildman–Crippen MR) is 53.0 cm³/mol. The fraction of sp³-hybridized carbons (Fsp3) is 0.100. The fourth-order valence-corrected chi connectivity index (χ4v) is 1.23. The van der Waals surface area contributed by atoms with Gasteiger partial charge < -0.3 is 9.84 Å². The lowest BCUT2D eigenvalue weighted by atomic mass is 10.2. The van der Waals surface area contributed by atoms with Gasteiger partial charge in [-0.3, -0.25) is 0 Å². The standard InChI is InChI=1S/C10H8N2O3/c1-15-9-5-11-7-3-2-6(10(13)14)4-8(7)12-9/h2-5H,1H3,(H,13,14). The van der Waals surface area contributed by atoms with Crippen molar-refractivity contribution in [3.8, 4) is 5.88 Å². The highest BCUT2D eigenvalue weighted by Gasteiger charge is 2.05. The lowest BCUT2D eigenvalue weighted by Gasteiger charge is -2.01. The van der Waals surface area contributed by atoms with Crippen LogP contribution >= 0.6 is 0 Å². The van der Waals surface area contributed by atoms with Gasteiger partial charge in [-0.2, -0.15) is 0 Å². The average Bonchev–Trinajstić information content (AvgIpc) is 2.27. The van der Waals surface area contributed by atoms with Gasteiger partial charge in [0.05, 0.1) is 29.9 Å². The Kier molecular flexibility index (Phi) is 2.21. The maximum atomic E-state index is 10.7. The van der Waals surface area contributed by atoms with Crippen LogP contribution in [0.5, 0.6) is 5.88 Å². The highest BCUT2D eigenvalue weighted by Crippen LogP contribution is 2.15. The number of hydrogen-bond acceptors (Lipinski definition) is 4. The van der Waals surface area contributed by atoms with Gasteiger partial charge in [-0.15, -0.1) is 0 Å². The van der Waals surface area contributed by atoms with Crippen molar-refractivity contribution < 1.29 is 14.6 Å². The molecule has 0 aliphatic heterocycles. The summed E-state index contributed by atoms with van der Waals surface area (Å²) in [5.74, 6) is -0.619. The third-order valence-corrected chi connectivity index (χ3v) is 1.98. The summed E-state index contributed by atoms with van der Waals surface area (Å²) in [6.45, 7) is 0. The molecule has 1 heterocycles. The highest BCUT2D eigenvalue weighted by atomic mass is 16.5. The molecule has 1 aromatic carbocycles. The number of aromatic carboxylic acids is 1. The Morgan fingerprint density at radius 2 is 2.20 bits per heavy atom. The Balaban J connectivity index is 2.62. The van der Waals surface area contributed by atoms with E-state index in [1.54, 1.807) is 6.07 Å².